The zero-order valence-electron chi connectivity index (χ0n) is 7.30. The monoisotopic (exact) mass is 192 g/mol. The molecule has 3 nitrogen and oxygen atoms in total. The first-order chi connectivity index (χ1) is 5.54. The molecule has 0 bridgehead atoms. The van der Waals surface area contributed by atoms with Crippen LogP contribution in [0.1, 0.15) is 13.8 Å². The van der Waals surface area contributed by atoms with E-state index < -0.39 is 5.97 Å². The quantitative estimate of drug-likeness (QED) is 0.288. The molecule has 12 heavy (non-hydrogen) atoms. The van der Waals surface area contributed by atoms with Gasteiger partial charge in [-0.1, -0.05) is 18.2 Å². The second-order valence-electron chi connectivity index (χ2n) is 2.33. The van der Waals surface area contributed by atoms with Gasteiger partial charge in [0.2, 0.25) is 0 Å². The van der Waals surface area contributed by atoms with Crippen LogP contribution in [-0.4, -0.2) is 24.7 Å². The molecule has 0 saturated heterocycles. The summed E-state index contributed by atoms with van der Waals surface area (Å²) in [5.41, 5.74) is 0.0300. The third-order valence-corrected chi connectivity index (χ3v) is 1.14. The Morgan fingerprint density at radius 3 is 2.58 bits per heavy atom. The first kappa shape index (κ1) is 11.5. The van der Waals surface area contributed by atoms with Crippen LogP contribution in [0.2, 0.25) is 0 Å². The van der Waals surface area contributed by atoms with E-state index in [4.69, 9.17) is 21.1 Å². The molecule has 4 heteroatoms. The van der Waals surface area contributed by atoms with Gasteiger partial charge in [0.1, 0.15) is 12.2 Å². The first-order valence-corrected chi connectivity index (χ1v) is 4.06. The Morgan fingerprint density at radius 1 is 1.58 bits per heavy atom. The maximum Gasteiger partial charge on any atom is 0.333 e. The predicted octanol–water partition coefficient (Wildman–Crippen LogP) is 1.71. The number of esters is 1. The van der Waals surface area contributed by atoms with Gasteiger partial charge in [-0.2, -0.15) is 0 Å². The topological polar surface area (TPSA) is 35.5 Å². The summed E-state index contributed by atoms with van der Waals surface area (Å²) >= 11 is 5.48. The Labute approximate surface area is 77.3 Å². The van der Waals surface area contributed by atoms with Crippen LogP contribution in [0, 0.1) is 0 Å². The van der Waals surface area contributed by atoms with Gasteiger partial charge in [0.25, 0.3) is 0 Å². The Balaban J connectivity index is 3.32. The highest BCUT2D eigenvalue weighted by Gasteiger charge is 2.02. The zero-order valence-corrected chi connectivity index (χ0v) is 8.06. The lowest BCUT2D eigenvalue weighted by Gasteiger charge is -2.06. The van der Waals surface area contributed by atoms with Crippen molar-refractivity contribution in [3.63, 3.8) is 0 Å². The van der Waals surface area contributed by atoms with Gasteiger partial charge in [0.05, 0.1) is 6.61 Å². The van der Waals surface area contributed by atoms with Gasteiger partial charge < -0.3 is 9.47 Å². The molecule has 0 aromatic carbocycles. The van der Waals surface area contributed by atoms with Crippen molar-refractivity contribution in [2.24, 2.45) is 0 Å². The maximum absolute atomic E-state index is 10.8. The molecular formula is C8H13ClO3. The lowest BCUT2D eigenvalue weighted by Crippen LogP contribution is -2.12. The summed E-state index contributed by atoms with van der Waals surface area (Å²) in [6.45, 7) is 7.23. The summed E-state index contributed by atoms with van der Waals surface area (Å²) in [5, 5.41) is 0. The molecule has 0 aromatic rings. The van der Waals surface area contributed by atoms with E-state index in [1.54, 1.807) is 13.8 Å². The van der Waals surface area contributed by atoms with Crippen molar-refractivity contribution >= 4 is 17.6 Å². The van der Waals surface area contributed by atoms with Crippen molar-refractivity contribution < 1.29 is 14.3 Å². The maximum atomic E-state index is 10.8. The number of ether oxygens (including phenoxy) is 2. The fourth-order valence-corrected chi connectivity index (χ4v) is 0.557. The molecule has 0 radical (unpaired) electrons. The van der Waals surface area contributed by atoms with Gasteiger partial charge in [-0.05, 0) is 13.8 Å². The molecule has 0 amide bonds. The molecule has 70 valence electrons. The largest absolute Gasteiger partial charge is 0.460 e. The summed E-state index contributed by atoms with van der Waals surface area (Å²) in [5.74, 6) is -0.402. The van der Waals surface area contributed by atoms with E-state index in [2.05, 4.69) is 6.58 Å². The fourth-order valence-electron chi connectivity index (χ4n) is 0.468. The number of rotatable bonds is 5. The second kappa shape index (κ2) is 6.03. The van der Waals surface area contributed by atoms with Crippen molar-refractivity contribution in [3.8, 4) is 0 Å². The summed E-state index contributed by atoms with van der Waals surface area (Å²) in [4.78, 5) is 10.8. The minimum Gasteiger partial charge on any atom is -0.460 e. The Kier molecular flexibility index (Phi) is 5.76. The van der Waals surface area contributed by atoms with Crippen LogP contribution in [0.4, 0.5) is 0 Å². The molecule has 0 rings (SSSR count). The standard InChI is InChI=1S/C8H13ClO3/c1-6(2)8(10)12-5-4-11-7(3)9/h7H,1,4-5H2,2-3H3. The van der Waals surface area contributed by atoms with Gasteiger partial charge in [-0.25, -0.2) is 4.79 Å². The van der Waals surface area contributed by atoms with Gasteiger partial charge in [0, 0.05) is 5.57 Å². The van der Waals surface area contributed by atoms with E-state index in [0.29, 0.717) is 12.2 Å². The Bertz CT molecular complexity index is 166. The number of hydrogen-bond donors (Lipinski definition) is 0. The molecule has 0 aliphatic rings. The Hall–Kier alpha value is -0.540. The third kappa shape index (κ3) is 6.19. The van der Waals surface area contributed by atoms with Crippen LogP contribution < -0.4 is 0 Å². The number of alkyl halides is 1. The average Bonchev–Trinajstić information content (AvgIpc) is 1.97. The van der Waals surface area contributed by atoms with E-state index in [1.807, 2.05) is 0 Å². The molecule has 0 aliphatic heterocycles. The van der Waals surface area contributed by atoms with E-state index in [1.165, 1.54) is 0 Å². The van der Waals surface area contributed by atoms with Crippen molar-refractivity contribution in [2.75, 3.05) is 13.2 Å². The van der Waals surface area contributed by atoms with Crippen LogP contribution in [0.15, 0.2) is 12.2 Å². The summed E-state index contributed by atoms with van der Waals surface area (Å²) in [6.07, 6.45) is 0. The van der Waals surface area contributed by atoms with E-state index >= 15 is 0 Å². The number of carbonyl (C=O) groups is 1. The van der Waals surface area contributed by atoms with E-state index in [-0.39, 0.29) is 12.2 Å². The van der Waals surface area contributed by atoms with Crippen LogP contribution in [-0.2, 0) is 14.3 Å². The molecule has 1 atom stereocenters. The van der Waals surface area contributed by atoms with Crippen molar-refractivity contribution in [1.29, 1.82) is 0 Å². The van der Waals surface area contributed by atoms with E-state index in [0.717, 1.165) is 0 Å². The smallest absolute Gasteiger partial charge is 0.333 e. The molecule has 0 aromatic heterocycles. The molecule has 0 fully saturated rings. The average molecular weight is 193 g/mol. The zero-order chi connectivity index (χ0) is 9.56. The van der Waals surface area contributed by atoms with Crippen LogP contribution in [0.3, 0.4) is 0 Å². The number of halogens is 1. The normalized spacial score (nSPS) is 12.2. The second-order valence-corrected chi connectivity index (χ2v) is 2.94. The molecule has 1 unspecified atom stereocenters. The molecule has 0 N–H and O–H groups in total. The molecular weight excluding hydrogens is 180 g/mol. The summed E-state index contributed by atoms with van der Waals surface area (Å²) < 4.78 is 9.66. The number of carbonyl (C=O) groups excluding carboxylic acids is 1. The highest BCUT2D eigenvalue weighted by Crippen LogP contribution is 1.96. The summed E-state index contributed by atoms with van der Waals surface area (Å²) in [7, 11) is 0. The minimum absolute atomic E-state index is 0.211. The van der Waals surface area contributed by atoms with Crippen LogP contribution >= 0.6 is 11.6 Å². The molecule has 0 spiro atoms. The summed E-state index contributed by atoms with van der Waals surface area (Å²) in [6, 6.07) is 0. The van der Waals surface area contributed by atoms with Gasteiger partial charge in [-0.3, -0.25) is 0 Å². The Morgan fingerprint density at radius 2 is 2.17 bits per heavy atom. The van der Waals surface area contributed by atoms with Crippen molar-refractivity contribution in [2.45, 2.75) is 19.4 Å². The molecule has 0 heterocycles. The highest BCUT2D eigenvalue weighted by atomic mass is 35.5. The fraction of sp³-hybridized carbons (Fsp3) is 0.625. The third-order valence-electron chi connectivity index (χ3n) is 1.01. The molecule has 0 aliphatic carbocycles. The van der Waals surface area contributed by atoms with E-state index in [9.17, 15) is 4.79 Å². The van der Waals surface area contributed by atoms with Gasteiger partial charge in [0.15, 0.2) is 0 Å². The van der Waals surface area contributed by atoms with Crippen molar-refractivity contribution in [3.05, 3.63) is 12.2 Å². The first-order valence-electron chi connectivity index (χ1n) is 3.62. The lowest BCUT2D eigenvalue weighted by molar-refractivity contribution is -0.140. The van der Waals surface area contributed by atoms with Crippen LogP contribution in [0.25, 0.3) is 0 Å². The van der Waals surface area contributed by atoms with Crippen LogP contribution in [0.5, 0.6) is 0 Å². The molecule has 0 saturated carbocycles. The number of hydrogen-bond acceptors (Lipinski definition) is 3. The lowest BCUT2D eigenvalue weighted by atomic mass is 10.4. The SMILES string of the molecule is C=C(C)C(=O)OCCOC(C)Cl. The van der Waals surface area contributed by atoms with Gasteiger partial charge >= 0.3 is 5.97 Å². The predicted molar refractivity (Wildman–Crippen MR) is 47.0 cm³/mol. The van der Waals surface area contributed by atoms with Crippen molar-refractivity contribution in [1.82, 2.24) is 0 Å². The van der Waals surface area contributed by atoms with Gasteiger partial charge in [-0.15, -0.1) is 0 Å². The minimum atomic E-state index is -0.402. The highest BCUT2D eigenvalue weighted by molar-refractivity contribution is 6.19.